The Balaban J connectivity index is 1.69. The van der Waals surface area contributed by atoms with E-state index < -0.39 is 11.6 Å². The third kappa shape index (κ3) is 5.60. The predicted molar refractivity (Wildman–Crippen MR) is 147 cm³/mol. The SMILES string of the molecule is COc1ccc2[nH]c(=O)c([C@H](c3nnnn3C(C)(C)C)N(Cc3ccc(Cl)cc3)C[C@@H]3CCCO3)cc2c1. The molecule has 0 amide bonds. The summed E-state index contributed by atoms with van der Waals surface area (Å²) in [6.45, 7) is 8.03. The van der Waals surface area contributed by atoms with Crippen molar-refractivity contribution in [2.24, 2.45) is 0 Å². The number of halogens is 1. The number of hydrogen-bond acceptors (Lipinski definition) is 7. The van der Waals surface area contributed by atoms with Crippen LogP contribution in [0, 0.1) is 0 Å². The van der Waals surface area contributed by atoms with Gasteiger partial charge in [-0.05, 0) is 86.0 Å². The van der Waals surface area contributed by atoms with Gasteiger partial charge < -0.3 is 14.5 Å². The minimum Gasteiger partial charge on any atom is -0.497 e. The zero-order chi connectivity index (χ0) is 26.9. The van der Waals surface area contributed by atoms with E-state index in [4.69, 9.17) is 21.1 Å². The number of benzene rings is 2. The molecule has 0 aliphatic carbocycles. The molecule has 0 radical (unpaired) electrons. The molecule has 38 heavy (non-hydrogen) atoms. The number of H-pyrrole nitrogens is 1. The van der Waals surface area contributed by atoms with Gasteiger partial charge in [-0.2, -0.15) is 0 Å². The molecule has 0 bridgehead atoms. The van der Waals surface area contributed by atoms with Gasteiger partial charge in [-0.3, -0.25) is 9.69 Å². The van der Waals surface area contributed by atoms with Crippen molar-refractivity contribution in [1.82, 2.24) is 30.1 Å². The second kappa shape index (κ2) is 10.8. The molecule has 1 aliphatic rings. The molecule has 5 rings (SSSR count). The summed E-state index contributed by atoms with van der Waals surface area (Å²) in [6.07, 6.45) is 2.02. The summed E-state index contributed by atoms with van der Waals surface area (Å²) in [6, 6.07) is 14.8. The lowest BCUT2D eigenvalue weighted by Crippen LogP contribution is -2.40. The first-order valence-corrected chi connectivity index (χ1v) is 13.2. The zero-order valence-electron chi connectivity index (χ0n) is 22.1. The Morgan fingerprint density at radius 2 is 2.00 bits per heavy atom. The van der Waals surface area contributed by atoms with Crippen molar-refractivity contribution in [1.29, 1.82) is 0 Å². The van der Waals surface area contributed by atoms with Crippen LogP contribution in [-0.4, -0.2) is 56.5 Å². The lowest BCUT2D eigenvalue weighted by molar-refractivity contribution is 0.0564. The molecule has 200 valence electrons. The first-order chi connectivity index (χ1) is 18.2. The highest BCUT2D eigenvalue weighted by Crippen LogP contribution is 2.32. The monoisotopic (exact) mass is 536 g/mol. The fourth-order valence-corrected chi connectivity index (χ4v) is 5.13. The molecule has 0 saturated carbocycles. The Kier molecular flexibility index (Phi) is 7.52. The van der Waals surface area contributed by atoms with Gasteiger partial charge in [0.05, 0.1) is 18.8 Å². The number of tetrazole rings is 1. The van der Waals surface area contributed by atoms with Gasteiger partial charge in [0.1, 0.15) is 11.8 Å². The number of pyridine rings is 1. The Bertz CT molecular complexity index is 1450. The average Bonchev–Trinajstić information content (AvgIpc) is 3.58. The fraction of sp³-hybridized carbons (Fsp3) is 0.429. The molecular weight excluding hydrogens is 504 g/mol. The molecule has 10 heteroatoms. The van der Waals surface area contributed by atoms with Crippen molar-refractivity contribution in [2.45, 2.75) is 57.8 Å². The number of aromatic nitrogens is 5. The Hall–Kier alpha value is -3.27. The second-order valence-corrected chi connectivity index (χ2v) is 11.2. The van der Waals surface area contributed by atoms with Gasteiger partial charge in [-0.15, -0.1) is 5.10 Å². The number of nitrogens with zero attached hydrogens (tertiary/aromatic N) is 5. The second-order valence-electron chi connectivity index (χ2n) is 10.7. The highest BCUT2D eigenvalue weighted by atomic mass is 35.5. The third-order valence-electron chi connectivity index (χ3n) is 6.87. The molecule has 1 fully saturated rings. The standard InChI is InChI=1S/C28H33ClN6O3/c1-28(2,3)35-26(31-32-33-35)25(23-15-19-14-21(37-4)11-12-24(19)30-27(23)36)34(17-22-6-5-13-38-22)16-18-7-9-20(29)10-8-18/h7-12,14-15,22,25H,5-6,13,16-17H2,1-4H3,(H,30,36)/t22-,25+/m0/s1. The van der Waals surface area contributed by atoms with Gasteiger partial charge in [0.15, 0.2) is 5.82 Å². The molecule has 2 atom stereocenters. The number of fused-ring (bicyclic) bond motifs is 1. The molecule has 0 spiro atoms. The lowest BCUT2D eigenvalue weighted by atomic mass is 10.00. The maximum absolute atomic E-state index is 13.7. The van der Waals surface area contributed by atoms with Crippen LogP contribution in [0.25, 0.3) is 10.9 Å². The van der Waals surface area contributed by atoms with Crippen LogP contribution in [-0.2, 0) is 16.8 Å². The fourth-order valence-electron chi connectivity index (χ4n) is 5.01. The van der Waals surface area contributed by atoms with Gasteiger partial charge >= 0.3 is 0 Å². The van der Waals surface area contributed by atoms with Gasteiger partial charge in [0.25, 0.3) is 5.56 Å². The summed E-state index contributed by atoms with van der Waals surface area (Å²) < 4.78 is 13.3. The number of rotatable bonds is 8. The number of aromatic amines is 1. The van der Waals surface area contributed by atoms with Crippen LogP contribution in [0.15, 0.2) is 53.3 Å². The van der Waals surface area contributed by atoms with Crippen molar-refractivity contribution in [3.05, 3.63) is 80.9 Å². The van der Waals surface area contributed by atoms with E-state index in [0.29, 0.717) is 35.2 Å². The van der Waals surface area contributed by atoms with Crippen molar-refractivity contribution < 1.29 is 9.47 Å². The van der Waals surface area contributed by atoms with E-state index in [9.17, 15) is 4.79 Å². The number of methoxy groups -OCH3 is 1. The third-order valence-corrected chi connectivity index (χ3v) is 7.13. The van der Waals surface area contributed by atoms with Crippen molar-refractivity contribution in [3.8, 4) is 5.75 Å². The van der Waals surface area contributed by atoms with Crippen molar-refractivity contribution in [3.63, 3.8) is 0 Å². The molecule has 1 aliphatic heterocycles. The van der Waals surface area contributed by atoms with E-state index in [2.05, 4.69) is 25.4 Å². The summed E-state index contributed by atoms with van der Waals surface area (Å²) in [4.78, 5) is 19.0. The summed E-state index contributed by atoms with van der Waals surface area (Å²) in [5.41, 5.74) is 1.76. The van der Waals surface area contributed by atoms with Crippen LogP contribution in [0.3, 0.4) is 0 Å². The molecule has 9 nitrogen and oxygen atoms in total. The van der Waals surface area contributed by atoms with Crippen LogP contribution < -0.4 is 10.3 Å². The molecule has 1 saturated heterocycles. The lowest BCUT2D eigenvalue weighted by Gasteiger charge is -2.34. The smallest absolute Gasteiger partial charge is 0.253 e. The Labute approximate surface area is 226 Å². The van der Waals surface area contributed by atoms with Crippen molar-refractivity contribution >= 4 is 22.5 Å². The van der Waals surface area contributed by atoms with E-state index in [1.54, 1.807) is 11.8 Å². The highest BCUT2D eigenvalue weighted by Gasteiger charge is 2.35. The van der Waals surface area contributed by atoms with E-state index in [1.807, 2.05) is 69.3 Å². The van der Waals surface area contributed by atoms with E-state index >= 15 is 0 Å². The average molecular weight is 537 g/mol. The van der Waals surface area contributed by atoms with Gasteiger partial charge in [0.2, 0.25) is 0 Å². The summed E-state index contributed by atoms with van der Waals surface area (Å²) in [7, 11) is 1.63. The maximum Gasteiger partial charge on any atom is 0.253 e. The molecule has 4 aromatic rings. The predicted octanol–water partition coefficient (Wildman–Crippen LogP) is 4.70. The first kappa shape index (κ1) is 26.3. The van der Waals surface area contributed by atoms with Gasteiger partial charge in [-0.25, -0.2) is 4.68 Å². The van der Waals surface area contributed by atoms with Crippen LogP contribution in [0.1, 0.15) is 56.6 Å². The molecular formula is C28H33ClN6O3. The minimum absolute atomic E-state index is 0.0448. The largest absolute Gasteiger partial charge is 0.497 e. The Morgan fingerprint density at radius 3 is 2.68 bits per heavy atom. The molecule has 1 N–H and O–H groups in total. The minimum atomic E-state index is -0.538. The normalized spacial score (nSPS) is 16.8. The molecule has 3 heterocycles. The van der Waals surface area contributed by atoms with Crippen molar-refractivity contribution in [2.75, 3.05) is 20.3 Å². The summed E-state index contributed by atoms with van der Waals surface area (Å²) >= 11 is 6.18. The Morgan fingerprint density at radius 1 is 1.21 bits per heavy atom. The maximum atomic E-state index is 13.7. The quantitative estimate of drug-likeness (QED) is 0.348. The van der Waals surface area contributed by atoms with Gasteiger partial charge in [-0.1, -0.05) is 23.7 Å². The van der Waals surface area contributed by atoms with Crippen LogP contribution in [0.4, 0.5) is 0 Å². The molecule has 2 aromatic carbocycles. The van der Waals surface area contributed by atoms with E-state index in [-0.39, 0.29) is 11.7 Å². The van der Waals surface area contributed by atoms with E-state index in [0.717, 1.165) is 35.9 Å². The van der Waals surface area contributed by atoms with Gasteiger partial charge in [0, 0.05) is 41.2 Å². The molecule has 0 unspecified atom stereocenters. The topological polar surface area (TPSA) is 98.2 Å². The van der Waals surface area contributed by atoms with Crippen LogP contribution in [0.2, 0.25) is 5.02 Å². The summed E-state index contributed by atoms with van der Waals surface area (Å²) in [5.74, 6) is 1.31. The highest BCUT2D eigenvalue weighted by molar-refractivity contribution is 6.30. The first-order valence-electron chi connectivity index (χ1n) is 12.8. The zero-order valence-corrected chi connectivity index (χ0v) is 22.9. The van der Waals surface area contributed by atoms with Crippen LogP contribution in [0.5, 0.6) is 5.75 Å². The molecule has 2 aromatic heterocycles. The summed E-state index contributed by atoms with van der Waals surface area (Å²) in [5, 5.41) is 14.4. The number of nitrogens with one attached hydrogen (secondary N) is 1. The number of ether oxygens (including phenoxy) is 2. The van der Waals surface area contributed by atoms with Crippen LogP contribution >= 0.6 is 11.6 Å². The number of hydrogen-bond donors (Lipinski definition) is 1. The van der Waals surface area contributed by atoms with E-state index in [1.165, 1.54) is 0 Å².